The van der Waals surface area contributed by atoms with E-state index in [1.165, 1.54) is 30.5 Å². The molecule has 3 aliphatic carbocycles. The predicted molar refractivity (Wildman–Crippen MR) is 163 cm³/mol. The van der Waals surface area contributed by atoms with Crippen LogP contribution in [0.5, 0.6) is 11.5 Å². The Morgan fingerprint density at radius 3 is 2.52 bits per heavy atom. The second-order valence-corrected chi connectivity index (χ2v) is 14.8. The van der Waals surface area contributed by atoms with Gasteiger partial charge in [-0.05, 0) is 81.7 Å². The maximum atomic E-state index is 12.6. The van der Waals surface area contributed by atoms with Crippen molar-refractivity contribution in [2.24, 2.45) is 5.92 Å². The molecule has 1 saturated heterocycles. The number of nitrogens with one attached hydrogen (secondary N) is 1. The zero-order valence-electron chi connectivity index (χ0n) is 25.4. The summed E-state index contributed by atoms with van der Waals surface area (Å²) in [4.78, 5) is 2.68. The van der Waals surface area contributed by atoms with Crippen LogP contribution in [0.3, 0.4) is 0 Å². The van der Waals surface area contributed by atoms with Gasteiger partial charge in [-0.25, -0.2) is 0 Å². The van der Waals surface area contributed by atoms with Crippen LogP contribution < -0.4 is 10.1 Å². The van der Waals surface area contributed by atoms with Gasteiger partial charge in [0.2, 0.25) is 0 Å². The van der Waals surface area contributed by atoms with Crippen LogP contribution in [0.2, 0.25) is 0 Å². The van der Waals surface area contributed by atoms with Crippen molar-refractivity contribution in [1.29, 1.82) is 0 Å². The number of aromatic hydroxyl groups is 1. The van der Waals surface area contributed by atoms with E-state index < -0.39 is 21.1 Å². The van der Waals surface area contributed by atoms with Gasteiger partial charge in [0.25, 0.3) is 10.1 Å². The molecule has 2 unspecified atom stereocenters. The van der Waals surface area contributed by atoms with Crippen molar-refractivity contribution < 1.29 is 37.0 Å². The molecule has 2 aliphatic heterocycles. The van der Waals surface area contributed by atoms with E-state index in [4.69, 9.17) is 18.4 Å². The summed E-state index contributed by atoms with van der Waals surface area (Å²) in [5.41, 5.74) is 1.82. The van der Waals surface area contributed by atoms with Crippen LogP contribution in [-0.4, -0.2) is 100.0 Å². The summed E-state index contributed by atoms with van der Waals surface area (Å²) in [6, 6.07) is 10.4. The molecule has 44 heavy (non-hydrogen) atoms. The molecule has 0 radical (unpaired) electrons. The molecule has 7 rings (SSSR count). The second-order valence-electron chi connectivity index (χ2n) is 13.2. The number of phenolic OH excluding ortho intramolecular Hbond substituents is 1. The number of hydrogen-bond donors (Lipinski definition) is 3. The van der Waals surface area contributed by atoms with Crippen molar-refractivity contribution in [2.75, 3.05) is 52.7 Å². The third kappa shape index (κ3) is 5.24. The number of rotatable bonds is 14. The number of phenols is 1. The van der Waals surface area contributed by atoms with E-state index in [9.17, 15) is 18.6 Å². The molecule has 5 atom stereocenters. The quantitative estimate of drug-likeness (QED) is 0.212. The number of piperidine rings is 1. The third-order valence-electron chi connectivity index (χ3n) is 10.6. The van der Waals surface area contributed by atoms with Crippen molar-refractivity contribution in [2.45, 2.75) is 79.5 Å². The Bertz CT molecular complexity index is 1460. The molecule has 0 aromatic heterocycles. The highest BCUT2D eigenvalue weighted by atomic mass is 32.2. The Balaban J connectivity index is 0.893. The summed E-state index contributed by atoms with van der Waals surface area (Å²) in [6.07, 6.45) is 5.43. The molecule has 5 aliphatic rings. The average Bonchev–Trinajstić information content (AvgIpc) is 3.74. The van der Waals surface area contributed by atoms with E-state index in [0.29, 0.717) is 38.5 Å². The molecular formula is C33H44N2O8S. The maximum Gasteiger partial charge on any atom is 0.297 e. The number of nitrogens with zero attached hydrogens (tertiary/aromatic N) is 1. The fourth-order valence-corrected chi connectivity index (χ4v) is 9.20. The minimum Gasteiger partial charge on any atom is -0.504 e. The summed E-state index contributed by atoms with van der Waals surface area (Å²) >= 11 is 0. The molecular weight excluding hydrogens is 584 g/mol. The van der Waals surface area contributed by atoms with Gasteiger partial charge in [0.1, 0.15) is 6.10 Å². The molecule has 2 aromatic rings. The summed E-state index contributed by atoms with van der Waals surface area (Å²) in [6.45, 7) is 5.78. The lowest BCUT2D eigenvalue weighted by Gasteiger charge is -2.64. The number of aryl methyl sites for hydroxylation is 1. The molecule has 3 N–H and O–H groups in total. The Kier molecular flexibility index (Phi) is 8.18. The van der Waals surface area contributed by atoms with E-state index in [1.54, 1.807) is 18.2 Å². The lowest BCUT2D eigenvalue weighted by Crippen LogP contribution is -2.78. The van der Waals surface area contributed by atoms with E-state index in [1.807, 2.05) is 13.0 Å². The van der Waals surface area contributed by atoms with Gasteiger partial charge in [-0.15, -0.1) is 0 Å². The number of likely N-dealkylation sites (tertiary alicyclic amines) is 1. The highest BCUT2D eigenvalue weighted by Crippen LogP contribution is 2.65. The summed E-state index contributed by atoms with van der Waals surface area (Å²) < 4.78 is 47.4. The van der Waals surface area contributed by atoms with Crippen LogP contribution in [0.1, 0.15) is 48.8 Å². The summed E-state index contributed by atoms with van der Waals surface area (Å²) in [5.74, 6) is 1.49. The first-order chi connectivity index (χ1) is 21.2. The number of ether oxygens (including phenoxy) is 3. The van der Waals surface area contributed by atoms with E-state index in [-0.39, 0.29) is 42.0 Å². The lowest BCUT2D eigenvalue weighted by atomic mass is 9.48. The zero-order chi connectivity index (χ0) is 30.5. The van der Waals surface area contributed by atoms with Gasteiger partial charge in [-0.3, -0.25) is 9.08 Å². The van der Waals surface area contributed by atoms with Gasteiger partial charge >= 0.3 is 0 Å². The van der Waals surface area contributed by atoms with Crippen LogP contribution in [0.25, 0.3) is 0 Å². The molecule has 11 heteroatoms. The van der Waals surface area contributed by atoms with E-state index >= 15 is 0 Å². The fourth-order valence-electron chi connectivity index (χ4n) is 8.30. The van der Waals surface area contributed by atoms with Gasteiger partial charge in [0, 0.05) is 30.7 Å². The van der Waals surface area contributed by atoms with Crippen molar-refractivity contribution in [3.05, 3.63) is 53.1 Å². The molecule has 2 heterocycles. The van der Waals surface area contributed by atoms with Gasteiger partial charge in [-0.1, -0.05) is 23.8 Å². The standard InChI is InChI=1S/C33H44N2O8S/c1-22-2-7-25(8-3-22)44(38,39)42-19-18-41-17-16-40-15-13-34-26-10-11-33(37)28-20-24-6-9-27(36)30-29(24)32(33,31(26)43-30)12-14-35(28)21-23-4-5-23/h2-3,6-9,23,26,28,31,34,36-37H,4-5,10-21H2,1H3/t26-,28?,31+,32?,33-/m1/s1. The topological polar surface area (TPSA) is 127 Å². The normalized spacial score (nSPS) is 30.6. The van der Waals surface area contributed by atoms with Gasteiger partial charge in [0.05, 0.1) is 48.9 Å². The van der Waals surface area contributed by atoms with Crippen LogP contribution in [0.4, 0.5) is 0 Å². The van der Waals surface area contributed by atoms with Crippen LogP contribution in [-0.2, 0) is 35.6 Å². The van der Waals surface area contributed by atoms with Crippen molar-refractivity contribution in [1.82, 2.24) is 10.2 Å². The molecule has 10 nitrogen and oxygen atoms in total. The predicted octanol–water partition coefficient (Wildman–Crippen LogP) is 2.66. The zero-order valence-corrected chi connectivity index (χ0v) is 26.2. The minimum atomic E-state index is -3.80. The van der Waals surface area contributed by atoms with Crippen molar-refractivity contribution >= 4 is 10.1 Å². The molecule has 2 saturated carbocycles. The molecule has 240 valence electrons. The summed E-state index contributed by atoms with van der Waals surface area (Å²) in [7, 11) is -3.80. The lowest BCUT2D eigenvalue weighted by molar-refractivity contribution is -0.191. The molecule has 1 spiro atoms. The van der Waals surface area contributed by atoms with Crippen LogP contribution in [0, 0.1) is 12.8 Å². The van der Waals surface area contributed by atoms with Crippen molar-refractivity contribution in [3.63, 3.8) is 0 Å². The van der Waals surface area contributed by atoms with E-state index in [0.717, 1.165) is 49.4 Å². The maximum absolute atomic E-state index is 12.6. The molecule has 2 aromatic carbocycles. The van der Waals surface area contributed by atoms with Gasteiger partial charge < -0.3 is 29.7 Å². The highest BCUT2D eigenvalue weighted by Gasteiger charge is 2.72. The summed E-state index contributed by atoms with van der Waals surface area (Å²) in [5, 5.41) is 27.0. The van der Waals surface area contributed by atoms with Crippen LogP contribution in [0.15, 0.2) is 41.3 Å². The second kappa shape index (κ2) is 11.8. The molecule has 0 amide bonds. The third-order valence-corrected chi connectivity index (χ3v) is 11.9. The Morgan fingerprint density at radius 2 is 1.75 bits per heavy atom. The Hall–Kier alpha value is -2.25. The Morgan fingerprint density at radius 1 is 1.00 bits per heavy atom. The number of benzene rings is 2. The largest absolute Gasteiger partial charge is 0.504 e. The smallest absolute Gasteiger partial charge is 0.297 e. The van der Waals surface area contributed by atoms with Crippen LogP contribution >= 0.6 is 0 Å². The Labute approximate surface area is 259 Å². The fraction of sp³-hybridized carbons (Fsp3) is 0.636. The monoisotopic (exact) mass is 628 g/mol. The average molecular weight is 629 g/mol. The number of aliphatic hydroxyl groups is 1. The first-order valence-corrected chi connectivity index (χ1v) is 17.5. The van der Waals surface area contributed by atoms with Gasteiger partial charge in [-0.2, -0.15) is 8.42 Å². The first kappa shape index (κ1) is 30.4. The van der Waals surface area contributed by atoms with Gasteiger partial charge in [0.15, 0.2) is 11.5 Å². The molecule has 3 fully saturated rings. The highest BCUT2D eigenvalue weighted by molar-refractivity contribution is 7.86. The van der Waals surface area contributed by atoms with Crippen molar-refractivity contribution in [3.8, 4) is 11.5 Å². The molecule has 2 bridgehead atoms. The number of hydrogen-bond acceptors (Lipinski definition) is 10. The minimum absolute atomic E-state index is 0.0242. The first-order valence-electron chi connectivity index (χ1n) is 16.1. The van der Waals surface area contributed by atoms with E-state index in [2.05, 4.69) is 10.2 Å². The SMILES string of the molecule is Cc1ccc(S(=O)(=O)OCCOCCOCCN[C@@H]2CC[C@@]3(O)C4Cc5ccc(O)c6c5C3(CCN4CC3CC3)[C@H]2O6)cc1.